The summed E-state index contributed by atoms with van der Waals surface area (Å²) in [6.45, 7) is 2.55. The van der Waals surface area contributed by atoms with Crippen LogP contribution in [0.4, 0.5) is 5.69 Å². The van der Waals surface area contributed by atoms with Gasteiger partial charge >= 0.3 is 0 Å². The van der Waals surface area contributed by atoms with E-state index >= 15 is 0 Å². The molecule has 0 bridgehead atoms. The number of nitrogens with one attached hydrogen (secondary N) is 2. The van der Waals surface area contributed by atoms with Gasteiger partial charge in [0.1, 0.15) is 12.4 Å². The van der Waals surface area contributed by atoms with Crippen LogP contribution in [0, 0.1) is 6.92 Å². The van der Waals surface area contributed by atoms with E-state index in [4.69, 9.17) is 14.3 Å². The number of nitrogens with zero attached hydrogens (tertiary/aromatic N) is 1. The van der Waals surface area contributed by atoms with Gasteiger partial charge in [0, 0.05) is 36.1 Å². The van der Waals surface area contributed by atoms with Crippen molar-refractivity contribution in [2.45, 2.75) is 13.5 Å². The zero-order valence-electron chi connectivity index (χ0n) is 16.8. The Morgan fingerprint density at radius 3 is 2.59 bits per heavy atom. The van der Waals surface area contributed by atoms with Gasteiger partial charge in [-0.05, 0) is 36.2 Å². The molecule has 0 aliphatic heterocycles. The number of carbonyl (C=O) groups is 1. The third-order valence-electron chi connectivity index (χ3n) is 4.26. The molecule has 0 unspecified atom stereocenters. The molecular weight excluding hydrogens is 368 g/mol. The fourth-order valence-corrected chi connectivity index (χ4v) is 2.81. The van der Waals surface area contributed by atoms with E-state index < -0.39 is 0 Å². The number of para-hydroxylation sites is 1. The Balaban J connectivity index is 0.000000687. The molecule has 152 valence electrons. The second-order valence-electron chi connectivity index (χ2n) is 6.01. The molecule has 1 heterocycles. The first-order valence-electron chi connectivity index (χ1n) is 9.02. The van der Waals surface area contributed by atoms with E-state index in [1.54, 1.807) is 18.7 Å². The van der Waals surface area contributed by atoms with Crippen molar-refractivity contribution in [3.8, 4) is 22.8 Å². The summed E-state index contributed by atoms with van der Waals surface area (Å²) in [6.07, 6.45) is 2.16. The molecular formula is C22H26N4O3. The highest BCUT2D eigenvalue weighted by atomic mass is 16.5. The van der Waals surface area contributed by atoms with Crippen LogP contribution in [0.2, 0.25) is 0 Å². The lowest BCUT2D eigenvalue weighted by atomic mass is 10.1. The van der Waals surface area contributed by atoms with E-state index in [1.807, 2.05) is 55.6 Å². The van der Waals surface area contributed by atoms with Crippen molar-refractivity contribution in [1.29, 1.82) is 0 Å². The first kappa shape index (κ1) is 21.7. The van der Waals surface area contributed by atoms with Gasteiger partial charge in [-0.2, -0.15) is 0 Å². The Labute approximate surface area is 170 Å². The van der Waals surface area contributed by atoms with E-state index in [2.05, 4.69) is 29.1 Å². The predicted molar refractivity (Wildman–Crippen MR) is 115 cm³/mol. The van der Waals surface area contributed by atoms with Gasteiger partial charge in [0.05, 0.1) is 7.11 Å². The number of methoxy groups -OCH3 is 1. The number of aryl methyl sites for hydroxylation is 1. The summed E-state index contributed by atoms with van der Waals surface area (Å²) in [5.74, 6) is 5.83. The summed E-state index contributed by atoms with van der Waals surface area (Å²) in [6, 6.07) is 18.0. The van der Waals surface area contributed by atoms with E-state index in [-0.39, 0.29) is 0 Å². The summed E-state index contributed by atoms with van der Waals surface area (Å²) in [7, 11) is 3.59. The number of nitrogens with two attached hydrogens (primary N) is 1. The molecule has 0 saturated carbocycles. The van der Waals surface area contributed by atoms with Crippen molar-refractivity contribution >= 4 is 12.1 Å². The summed E-state index contributed by atoms with van der Waals surface area (Å²) >= 11 is 0. The van der Waals surface area contributed by atoms with Crippen molar-refractivity contribution in [3.05, 3.63) is 71.9 Å². The smallest absolute Gasteiger partial charge is 0.221 e. The normalized spacial score (nSPS) is 9.66. The number of rotatable bonds is 7. The minimum Gasteiger partial charge on any atom is -0.496 e. The molecule has 0 aliphatic rings. The number of hydrogen-bond donors (Lipinski definition) is 3. The van der Waals surface area contributed by atoms with Crippen molar-refractivity contribution in [2.24, 2.45) is 5.84 Å². The first-order chi connectivity index (χ1) is 14.1. The van der Waals surface area contributed by atoms with Crippen LogP contribution < -0.4 is 26.1 Å². The van der Waals surface area contributed by atoms with Crippen molar-refractivity contribution in [3.63, 3.8) is 0 Å². The molecule has 0 aliphatic carbocycles. The van der Waals surface area contributed by atoms with Crippen molar-refractivity contribution in [1.82, 2.24) is 10.4 Å². The zero-order chi connectivity index (χ0) is 21.1. The molecule has 0 saturated heterocycles. The number of ether oxygens (including phenoxy) is 2. The van der Waals surface area contributed by atoms with E-state index in [1.165, 1.54) is 5.56 Å². The lowest BCUT2D eigenvalue weighted by molar-refractivity contribution is -0.109. The molecule has 7 heteroatoms. The number of amides is 1. The lowest BCUT2D eigenvalue weighted by Crippen LogP contribution is -2.18. The average Bonchev–Trinajstić information content (AvgIpc) is 2.78. The molecule has 0 fully saturated rings. The SMILES string of the molecule is CNc1cccc(C)c1COc1cc(-c2ccccc2OC)ccn1.NNC=O. The molecule has 3 aromatic rings. The molecule has 1 amide bonds. The third kappa shape index (κ3) is 5.95. The molecule has 1 aromatic heterocycles. The van der Waals surface area contributed by atoms with Crippen LogP contribution in [0.25, 0.3) is 11.1 Å². The quantitative estimate of drug-likeness (QED) is 0.246. The van der Waals surface area contributed by atoms with Crippen molar-refractivity contribution < 1.29 is 14.3 Å². The van der Waals surface area contributed by atoms with Crippen LogP contribution in [0.15, 0.2) is 60.8 Å². The van der Waals surface area contributed by atoms with Crippen molar-refractivity contribution in [2.75, 3.05) is 19.5 Å². The van der Waals surface area contributed by atoms with Gasteiger partial charge in [0.25, 0.3) is 0 Å². The maximum absolute atomic E-state index is 8.94. The number of aromatic nitrogens is 1. The van der Waals surface area contributed by atoms with Gasteiger partial charge in [-0.25, -0.2) is 10.8 Å². The van der Waals surface area contributed by atoms with Gasteiger partial charge < -0.3 is 14.8 Å². The molecule has 7 nitrogen and oxygen atoms in total. The molecule has 3 rings (SSSR count). The van der Waals surface area contributed by atoms with Crippen LogP contribution >= 0.6 is 0 Å². The Kier molecular flexibility index (Phi) is 8.47. The van der Waals surface area contributed by atoms with Crippen LogP contribution in [0.1, 0.15) is 11.1 Å². The Bertz CT molecular complexity index is 931. The number of pyridine rings is 1. The minimum atomic E-state index is 0.403. The first-order valence-corrected chi connectivity index (χ1v) is 9.02. The van der Waals surface area contributed by atoms with E-state index in [0.29, 0.717) is 18.9 Å². The molecule has 0 spiro atoms. The second kappa shape index (κ2) is 11.3. The molecule has 0 radical (unpaired) electrons. The summed E-state index contributed by atoms with van der Waals surface area (Å²) in [4.78, 5) is 13.3. The number of hydrogen-bond acceptors (Lipinski definition) is 6. The van der Waals surface area contributed by atoms with E-state index in [9.17, 15) is 0 Å². The summed E-state index contributed by atoms with van der Waals surface area (Å²) in [5, 5.41) is 3.21. The van der Waals surface area contributed by atoms with Gasteiger partial charge in [0.2, 0.25) is 12.3 Å². The van der Waals surface area contributed by atoms with Crippen LogP contribution in [0.3, 0.4) is 0 Å². The number of anilines is 1. The second-order valence-corrected chi connectivity index (χ2v) is 6.01. The Morgan fingerprint density at radius 2 is 1.90 bits per heavy atom. The number of hydrazine groups is 1. The monoisotopic (exact) mass is 394 g/mol. The standard InChI is InChI=1S/C21H22N2O2.CH4N2O/c1-15-7-6-9-19(22-2)18(15)14-25-21-13-16(11-12-23-21)17-8-4-5-10-20(17)24-3;2-3-1-4/h4-13,22H,14H2,1-3H3;1H,2H2,(H,3,4). The van der Waals surface area contributed by atoms with Gasteiger partial charge in [-0.3, -0.25) is 10.2 Å². The fraction of sp³-hybridized carbons (Fsp3) is 0.182. The average molecular weight is 394 g/mol. The summed E-state index contributed by atoms with van der Waals surface area (Å²) < 4.78 is 11.4. The number of benzene rings is 2. The molecule has 2 aromatic carbocycles. The molecule has 4 N–H and O–H groups in total. The summed E-state index contributed by atoms with van der Waals surface area (Å²) in [5.41, 5.74) is 7.17. The van der Waals surface area contributed by atoms with Gasteiger partial charge in [0.15, 0.2) is 0 Å². The van der Waals surface area contributed by atoms with E-state index in [0.717, 1.165) is 28.1 Å². The maximum Gasteiger partial charge on any atom is 0.221 e. The van der Waals surface area contributed by atoms with Gasteiger partial charge in [-0.15, -0.1) is 0 Å². The van der Waals surface area contributed by atoms with Crippen LogP contribution in [-0.2, 0) is 11.4 Å². The largest absolute Gasteiger partial charge is 0.496 e. The van der Waals surface area contributed by atoms with Gasteiger partial charge in [-0.1, -0.05) is 30.3 Å². The highest BCUT2D eigenvalue weighted by molar-refractivity contribution is 5.70. The predicted octanol–water partition coefficient (Wildman–Crippen LogP) is 3.29. The van der Waals surface area contributed by atoms with Crippen LogP contribution in [0.5, 0.6) is 11.6 Å². The highest BCUT2D eigenvalue weighted by Gasteiger charge is 2.09. The highest BCUT2D eigenvalue weighted by Crippen LogP contribution is 2.31. The third-order valence-corrected chi connectivity index (χ3v) is 4.26. The minimum absolute atomic E-state index is 0.403. The fourth-order valence-electron chi connectivity index (χ4n) is 2.81. The molecule has 0 atom stereocenters. The topological polar surface area (TPSA) is 98.5 Å². The number of carbonyl (C=O) groups excluding carboxylic acids is 1. The Morgan fingerprint density at radius 1 is 1.14 bits per heavy atom. The lowest BCUT2D eigenvalue weighted by Gasteiger charge is -2.14. The molecule has 29 heavy (non-hydrogen) atoms. The van der Waals surface area contributed by atoms with Crippen LogP contribution in [-0.4, -0.2) is 25.6 Å². The maximum atomic E-state index is 8.94. The Hall–Kier alpha value is -3.58. The zero-order valence-corrected chi connectivity index (χ0v) is 16.8.